The van der Waals surface area contributed by atoms with Crippen molar-refractivity contribution in [3.8, 4) is 0 Å². The van der Waals surface area contributed by atoms with Gasteiger partial charge in [-0.3, -0.25) is 0 Å². The SMILES string of the molecule is CCN1CCC(NC(C)CC2CCCCCN2)CC1. The maximum atomic E-state index is 3.86. The molecule has 19 heavy (non-hydrogen) atoms. The summed E-state index contributed by atoms with van der Waals surface area (Å²) in [6, 6.07) is 2.16. The second-order valence-electron chi connectivity index (χ2n) is 6.51. The standard InChI is InChI=1S/C16H33N3/c1-3-19-11-8-15(9-12-19)18-14(2)13-16-7-5-4-6-10-17-16/h14-18H,3-13H2,1-2H3. The highest BCUT2D eigenvalue weighted by Gasteiger charge is 2.21. The number of likely N-dealkylation sites (tertiary alicyclic amines) is 1. The van der Waals surface area contributed by atoms with Crippen LogP contribution in [0.2, 0.25) is 0 Å². The number of hydrogen-bond acceptors (Lipinski definition) is 3. The van der Waals surface area contributed by atoms with Crippen molar-refractivity contribution in [3.63, 3.8) is 0 Å². The molecule has 2 rings (SSSR count). The van der Waals surface area contributed by atoms with Gasteiger partial charge in [0.1, 0.15) is 0 Å². The van der Waals surface area contributed by atoms with Gasteiger partial charge in [0.15, 0.2) is 0 Å². The molecule has 2 aliphatic heterocycles. The molecule has 0 bridgehead atoms. The van der Waals surface area contributed by atoms with Crippen LogP contribution < -0.4 is 10.6 Å². The maximum absolute atomic E-state index is 3.86. The normalized spacial score (nSPS) is 29.1. The fourth-order valence-electron chi connectivity index (χ4n) is 3.61. The van der Waals surface area contributed by atoms with Crippen LogP contribution in [0.15, 0.2) is 0 Å². The molecule has 0 spiro atoms. The Morgan fingerprint density at radius 2 is 1.95 bits per heavy atom. The molecule has 2 heterocycles. The second kappa shape index (κ2) is 8.23. The van der Waals surface area contributed by atoms with Gasteiger partial charge >= 0.3 is 0 Å². The zero-order chi connectivity index (χ0) is 13.5. The summed E-state index contributed by atoms with van der Waals surface area (Å²) in [5.74, 6) is 0. The van der Waals surface area contributed by atoms with Crippen molar-refractivity contribution < 1.29 is 0 Å². The summed E-state index contributed by atoms with van der Waals surface area (Å²) in [6.45, 7) is 9.65. The molecule has 0 saturated carbocycles. The average Bonchev–Trinajstić information content (AvgIpc) is 2.68. The van der Waals surface area contributed by atoms with Gasteiger partial charge in [-0.2, -0.15) is 0 Å². The van der Waals surface area contributed by atoms with E-state index in [1.165, 1.54) is 71.1 Å². The molecule has 0 aromatic carbocycles. The number of nitrogens with zero attached hydrogens (tertiary/aromatic N) is 1. The van der Waals surface area contributed by atoms with Crippen LogP contribution in [0.25, 0.3) is 0 Å². The summed E-state index contributed by atoms with van der Waals surface area (Å²) in [5, 5.41) is 7.58. The highest BCUT2D eigenvalue weighted by Crippen LogP contribution is 2.15. The lowest BCUT2D eigenvalue weighted by atomic mass is 10.00. The van der Waals surface area contributed by atoms with Crippen LogP contribution in [0.3, 0.4) is 0 Å². The molecule has 3 heteroatoms. The summed E-state index contributed by atoms with van der Waals surface area (Å²) in [5.41, 5.74) is 0. The third-order valence-electron chi connectivity index (χ3n) is 4.86. The highest BCUT2D eigenvalue weighted by molar-refractivity contribution is 4.82. The molecule has 0 aliphatic carbocycles. The van der Waals surface area contributed by atoms with Crippen LogP contribution in [0, 0.1) is 0 Å². The molecule has 0 aromatic rings. The van der Waals surface area contributed by atoms with Crippen LogP contribution in [-0.4, -0.2) is 49.2 Å². The lowest BCUT2D eigenvalue weighted by Crippen LogP contribution is -2.47. The van der Waals surface area contributed by atoms with Gasteiger partial charge in [0.25, 0.3) is 0 Å². The van der Waals surface area contributed by atoms with Crippen LogP contribution in [0.5, 0.6) is 0 Å². The third kappa shape index (κ3) is 5.41. The van der Waals surface area contributed by atoms with Gasteiger partial charge in [0.2, 0.25) is 0 Å². The Bertz CT molecular complexity index is 228. The van der Waals surface area contributed by atoms with Crippen molar-refractivity contribution in [1.82, 2.24) is 15.5 Å². The Balaban J connectivity index is 1.64. The molecule has 2 fully saturated rings. The summed E-state index contributed by atoms with van der Waals surface area (Å²) in [4.78, 5) is 2.57. The van der Waals surface area contributed by atoms with E-state index in [1.54, 1.807) is 0 Å². The lowest BCUT2D eigenvalue weighted by molar-refractivity contribution is 0.197. The lowest BCUT2D eigenvalue weighted by Gasteiger charge is -2.34. The van der Waals surface area contributed by atoms with E-state index in [4.69, 9.17) is 0 Å². The van der Waals surface area contributed by atoms with Gasteiger partial charge < -0.3 is 15.5 Å². The number of hydrogen-bond donors (Lipinski definition) is 2. The van der Waals surface area contributed by atoms with Crippen molar-refractivity contribution in [2.24, 2.45) is 0 Å². The first-order valence-corrected chi connectivity index (χ1v) is 8.49. The van der Waals surface area contributed by atoms with Crippen molar-refractivity contribution >= 4 is 0 Å². The summed E-state index contributed by atoms with van der Waals surface area (Å²) >= 11 is 0. The number of piperidine rings is 1. The monoisotopic (exact) mass is 267 g/mol. The fraction of sp³-hybridized carbons (Fsp3) is 1.00. The molecule has 0 amide bonds. The average molecular weight is 267 g/mol. The predicted octanol–water partition coefficient (Wildman–Crippen LogP) is 2.37. The zero-order valence-electron chi connectivity index (χ0n) is 13.0. The van der Waals surface area contributed by atoms with Gasteiger partial charge in [0.05, 0.1) is 0 Å². The zero-order valence-corrected chi connectivity index (χ0v) is 13.0. The number of nitrogens with one attached hydrogen (secondary N) is 2. The first kappa shape index (κ1) is 15.3. The van der Waals surface area contributed by atoms with E-state index in [0.29, 0.717) is 6.04 Å². The molecule has 2 saturated heterocycles. The second-order valence-corrected chi connectivity index (χ2v) is 6.51. The topological polar surface area (TPSA) is 27.3 Å². The molecule has 2 atom stereocenters. The Labute approximate surface area is 119 Å². The Morgan fingerprint density at radius 3 is 2.68 bits per heavy atom. The molecular formula is C16H33N3. The molecular weight excluding hydrogens is 234 g/mol. The minimum atomic E-state index is 0.661. The van der Waals surface area contributed by atoms with Crippen molar-refractivity contribution in [2.75, 3.05) is 26.2 Å². The molecule has 2 N–H and O–H groups in total. The minimum absolute atomic E-state index is 0.661. The minimum Gasteiger partial charge on any atom is -0.314 e. The van der Waals surface area contributed by atoms with E-state index in [1.807, 2.05) is 0 Å². The van der Waals surface area contributed by atoms with E-state index in [0.717, 1.165) is 12.1 Å². The van der Waals surface area contributed by atoms with Gasteiger partial charge in [-0.1, -0.05) is 19.8 Å². The largest absolute Gasteiger partial charge is 0.314 e. The van der Waals surface area contributed by atoms with E-state index in [-0.39, 0.29) is 0 Å². The van der Waals surface area contributed by atoms with Crippen LogP contribution >= 0.6 is 0 Å². The van der Waals surface area contributed by atoms with E-state index in [2.05, 4.69) is 29.4 Å². The van der Waals surface area contributed by atoms with E-state index >= 15 is 0 Å². The van der Waals surface area contributed by atoms with Crippen molar-refractivity contribution in [3.05, 3.63) is 0 Å². The van der Waals surface area contributed by atoms with Gasteiger partial charge in [-0.25, -0.2) is 0 Å². The van der Waals surface area contributed by atoms with Crippen molar-refractivity contribution in [2.45, 2.75) is 76.9 Å². The molecule has 112 valence electrons. The van der Waals surface area contributed by atoms with Gasteiger partial charge in [-0.15, -0.1) is 0 Å². The van der Waals surface area contributed by atoms with Crippen LogP contribution in [-0.2, 0) is 0 Å². The smallest absolute Gasteiger partial charge is 0.00938 e. The molecule has 0 aromatic heterocycles. The number of rotatable bonds is 5. The molecule has 2 unspecified atom stereocenters. The molecule has 2 aliphatic rings. The first-order valence-electron chi connectivity index (χ1n) is 8.49. The van der Waals surface area contributed by atoms with Crippen molar-refractivity contribution in [1.29, 1.82) is 0 Å². The summed E-state index contributed by atoms with van der Waals surface area (Å²) in [6.07, 6.45) is 9.54. The Kier molecular flexibility index (Phi) is 6.62. The molecule has 3 nitrogen and oxygen atoms in total. The molecule has 0 radical (unpaired) electrons. The fourth-order valence-corrected chi connectivity index (χ4v) is 3.61. The highest BCUT2D eigenvalue weighted by atomic mass is 15.1. The Morgan fingerprint density at radius 1 is 1.16 bits per heavy atom. The first-order chi connectivity index (χ1) is 9.28. The maximum Gasteiger partial charge on any atom is 0.00938 e. The van der Waals surface area contributed by atoms with Crippen LogP contribution in [0.4, 0.5) is 0 Å². The summed E-state index contributed by atoms with van der Waals surface area (Å²) < 4.78 is 0. The van der Waals surface area contributed by atoms with Gasteiger partial charge in [-0.05, 0) is 65.2 Å². The van der Waals surface area contributed by atoms with E-state index < -0.39 is 0 Å². The van der Waals surface area contributed by atoms with Gasteiger partial charge in [0, 0.05) is 18.1 Å². The third-order valence-corrected chi connectivity index (χ3v) is 4.86. The Hall–Kier alpha value is -0.120. The predicted molar refractivity (Wildman–Crippen MR) is 82.6 cm³/mol. The van der Waals surface area contributed by atoms with E-state index in [9.17, 15) is 0 Å². The van der Waals surface area contributed by atoms with Crippen LogP contribution in [0.1, 0.15) is 58.8 Å². The summed E-state index contributed by atoms with van der Waals surface area (Å²) in [7, 11) is 0. The quantitative estimate of drug-likeness (QED) is 0.801.